The van der Waals surface area contributed by atoms with Crippen LogP contribution in [-0.2, 0) is 9.47 Å². The highest BCUT2D eigenvalue weighted by Gasteiger charge is 2.34. The third-order valence-electron chi connectivity index (χ3n) is 5.14. The molecule has 1 aliphatic carbocycles. The molecule has 1 saturated heterocycles. The SMILES string of the molecule is O=C(NC1CCC2OCCOC2C1)c1ccc(-c2ccc(F)cc2)cc1. The molecule has 5 heteroatoms. The van der Waals surface area contributed by atoms with Crippen LogP contribution in [0.3, 0.4) is 0 Å². The van der Waals surface area contributed by atoms with Crippen LogP contribution in [0.25, 0.3) is 11.1 Å². The molecule has 26 heavy (non-hydrogen) atoms. The highest BCUT2D eigenvalue weighted by Crippen LogP contribution is 2.27. The molecule has 2 aromatic rings. The third-order valence-corrected chi connectivity index (χ3v) is 5.14. The van der Waals surface area contributed by atoms with Crippen LogP contribution in [0.5, 0.6) is 0 Å². The van der Waals surface area contributed by atoms with Crippen molar-refractivity contribution in [3.05, 3.63) is 59.9 Å². The molecule has 4 rings (SSSR count). The first-order valence-corrected chi connectivity index (χ1v) is 9.09. The van der Waals surface area contributed by atoms with Crippen LogP contribution in [0.1, 0.15) is 29.6 Å². The average Bonchev–Trinajstić information content (AvgIpc) is 2.68. The topological polar surface area (TPSA) is 47.6 Å². The molecule has 4 nitrogen and oxygen atoms in total. The Morgan fingerprint density at radius 3 is 2.19 bits per heavy atom. The monoisotopic (exact) mass is 355 g/mol. The van der Waals surface area contributed by atoms with Gasteiger partial charge < -0.3 is 14.8 Å². The fourth-order valence-electron chi connectivity index (χ4n) is 3.72. The Labute approximate surface area is 152 Å². The first-order chi connectivity index (χ1) is 12.7. The summed E-state index contributed by atoms with van der Waals surface area (Å²) in [4.78, 5) is 12.5. The van der Waals surface area contributed by atoms with E-state index < -0.39 is 0 Å². The number of ether oxygens (including phenoxy) is 2. The molecule has 0 bridgehead atoms. The lowest BCUT2D eigenvalue weighted by molar-refractivity contribution is -0.157. The maximum absolute atomic E-state index is 13.0. The second kappa shape index (κ2) is 7.56. The predicted molar refractivity (Wildman–Crippen MR) is 96.4 cm³/mol. The summed E-state index contributed by atoms with van der Waals surface area (Å²) < 4.78 is 24.5. The van der Waals surface area contributed by atoms with Crippen LogP contribution in [0.2, 0.25) is 0 Å². The lowest BCUT2D eigenvalue weighted by Crippen LogP contribution is -2.49. The van der Waals surface area contributed by atoms with E-state index in [0.29, 0.717) is 18.8 Å². The molecule has 0 radical (unpaired) electrons. The number of rotatable bonds is 3. The number of carbonyl (C=O) groups excluding carboxylic acids is 1. The zero-order valence-corrected chi connectivity index (χ0v) is 14.5. The number of hydrogen-bond acceptors (Lipinski definition) is 3. The van der Waals surface area contributed by atoms with E-state index in [1.807, 2.05) is 12.1 Å². The van der Waals surface area contributed by atoms with Gasteiger partial charge in [0.25, 0.3) is 5.91 Å². The van der Waals surface area contributed by atoms with Crippen molar-refractivity contribution >= 4 is 5.91 Å². The van der Waals surface area contributed by atoms with E-state index in [0.717, 1.165) is 30.4 Å². The van der Waals surface area contributed by atoms with Gasteiger partial charge in [0, 0.05) is 11.6 Å². The summed E-state index contributed by atoms with van der Waals surface area (Å²) in [6, 6.07) is 13.8. The molecule has 1 N–H and O–H groups in total. The van der Waals surface area contributed by atoms with E-state index in [2.05, 4.69) is 5.32 Å². The van der Waals surface area contributed by atoms with Crippen molar-refractivity contribution in [1.82, 2.24) is 5.32 Å². The zero-order valence-electron chi connectivity index (χ0n) is 14.5. The summed E-state index contributed by atoms with van der Waals surface area (Å²) >= 11 is 0. The van der Waals surface area contributed by atoms with E-state index in [-0.39, 0.29) is 30.0 Å². The highest BCUT2D eigenvalue weighted by atomic mass is 19.1. The number of fused-ring (bicyclic) bond motifs is 1. The van der Waals surface area contributed by atoms with Gasteiger partial charge in [0.15, 0.2) is 0 Å². The van der Waals surface area contributed by atoms with Crippen LogP contribution >= 0.6 is 0 Å². The largest absolute Gasteiger partial charge is 0.373 e. The van der Waals surface area contributed by atoms with Gasteiger partial charge in [-0.3, -0.25) is 4.79 Å². The molecule has 2 aliphatic rings. The number of hydrogen-bond donors (Lipinski definition) is 1. The molecule has 2 aromatic carbocycles. The summed E-state index contributed by atoms with van der Waals surface area (Å²) in [7, 11) is 0. The second-order valence-electron chi connectivity index (χ2n) is 6.89. The van der Waals surface area contributed by atoms with Gasteiger partial charge in [-0.25, -0.2) is 4.39 Å². The summed E-state index contributed by atoms with van der Waals surface area (Å²) in [5, 5.41) is 3.11. The van der Waals surface area contributed by atoms with Gasteiger partial charge in [-0.15, -0.1) is 0 Å². The highest BCUT2D eigenvalue weighted by molar-refractivity contribution is 5.94. The van der Waals surface area contributed by atoms with E-state index in [4.69, 9.17) is 9.47 Å². The Balaban J connectivity index is 1.38. The fraction of sp³-hybridized carbons (Fsp3) is 0.381. The zero-order chi connectivity index (χ0) is 17.9. The van der Waals surface area contributed by atoms with Crippen LogP contribution in [0.4, 0.5) is 4.39 Å². The van der Waals surface area contributed by atoms with Crippen LogP contribution in [0, 0.1) is 5.82 Å². The maximum Gasteiger partial charge on any atom is 0.251 e. The van der Waals surface area contributed by atoms with E-state index in [1.54, 1.807) is 24.3 Å². The molecule has 1 saturated carbocycles. The standard InChI is InChI=1S/C21H22FNO3/c22-17-7-5-15(6-8-17)14-1-3-16(4-2-14)21(24)23-18-9-10-19-20(13-18)26-12-11-25-19/h1-8,18-20H,9-13H2,(H,23,24). The van der Waals surface area contributed by atoms with Crippen molar-refractivity contribution < 1.29 is 18.7 Å². The van der Waals surface area contributed by atoms with Gasteiger partial charge in [0.05, 0.1) is 25.4 Å². The van der Waals surface area contributed by atoms with Gasteiger partial charge in [-0.1, -0.05) is 24.3 Å². The quantitative estimate of drug-likeness (QED) is 0.916. The van der Waals surface area contributed by atoms with Crippen molar-refractivity contribution in [3.63, 3.8) is 0 Å². The molecule has 136 valence electrons. The van der Waals surface area contributed by atoms with Gasteiger partial charge in [0.1, 0.15) is 5.82 Å². The summed E-state index contributed by atoms with van der Waals surface area (Å²) in [5.41, 5.74) is 2.50. The molecule has 2 fully saturated rings. The predicted octanol–water partition coefficient (Wildman–Crippen LogP) is 3.56. The molecule has 1 heterocycles. The molecule has 1 amide bonds. The lowest BCUT2D eigenvalue weighted by Gasteiger charge is -2.39. The first-order valence-electron chi connectivity index (χ1n) is 9.09. The molecule has 0 spiro atoms. The lowest BCUT2D eigenvalue weighted by atomic mass is 9.89. The Morgan fingerprint density at radius 2 is 1.50 bits per heavy atom. The van der Waals surface area contributed by atoms with Crippen LogP contribution in [0.15, 0.2) is 48.5 Å². The van der Waals surface area contributed by atoms with Crippen molar-refractivity contribution in [2.45, 2.75) is 37.5 Å². The number of carbonyl (C=O) groups is 1. The summed E-state index contributed by atoms with van der Waals surface area (Å²) in [6.45, 7) is 1.30. The van der Waals surface area contributed by atoms with Crippen LogP contribution in [-0.4, -0.2) is 37.4 Å². The van der Waals surface area contributed by atoms with E-state index >= 15 is 0 Å². The van der Waals surface area contributed by atoms with Crippen LogP contribution < -0.4 is 5.32 Å². The van der Waals surface area contributed by atoms with Crippen molar-refractivity contribution in [2.24, 2.45) is 0 Å². The fourth-order valence-corrected chi connectivity index (χ4v) is 3.72. The molecule has 3 unspecified atom stereocenters. The minimum Gasteiger partial charge on any atom is -0.373 e. The smallest absolute Gasteiger partial charge is 0.251 e. The van der Waals surface area contributed by atoms with Crippen molar-refractivity contribution in [3.8, 4) is 11.1 Å². The number of benzene rings is 2. The number of halogens is 1. The van der Waals surface area contributed by atoms with Crippen molar-refractivity contribution in [1.29, 1.82) is 0 Å². The number of amides is 1. The average molecular weight is 355 g/mol. The first kappa shape index (κ1) is 17.2. The summed E-state index contributed by atoms with van der Waals surface area (Å²) in [6.07, 6.45) is 2.88. The summed E-state index contributed by atoms with van der Waals surface area (Å²) in [5.74, 6) is -0.331. The van der Waals surface area contributed by atoms with Gasteiger partial charge in [-0.05, 0) is 54.7 Å². The van der Waals surface area contributed by atoms with E-state index in [9.17, 15) is 9.18 Å². The molecule has 1 aliphatic heterocycles. The second-order valence-corrected chi connectivity index (χ2v) is 6.89. The Hall–Kier alpha value is -2.24. The van der Waals surface area contributed by atoms with Gasteiger partial charge in [-0.2, -0.15) is 0 Å². The minimum atomic E-state index is -0.258. The molecule has 3 atom stereocenters. The number of nitrogens with one attached hydrogen (secondary N) is 1. The van der Waals surface area contributed by atoms with Gasteiger partial charge in [0.2, 0.25) is 0 Å². The maximum atomic E-state index is 13.0. The minimum absolute atomic E-state index is 0.0733. The normalized spacial score (nSPS) is 25.3. The Morgan fingerprint density at radius 1 is 0.885 bits per heavy atom. The Bertz CT molecular complexity index is 760. The van der Waals surface area contributed by atoms with Gasteiger partial charge >= 0.3 is 0 Å². The van der Waals surface area contributed by atoms with Crippen molar-refractivity contribution in [2.75, 3.05) is 13.2 Å². The third kappa shape index (κ3) is 3.79. The van der Waals surface area contributed by atoms with E-state index in [1.165, 1.54) is 12.1 Å². The molecule has 0 aromatic heterocycles. The molecular formula is C21H22FNO3. The Kier molecular flexibility index (Phi) is 5.00. The molecular weight excluding hydrogens is 333 g/mol.